The summed E-state index contributed by atoms with van der Waals surface area (Å²) in [5.41, 5.74) is 0.737. The molecule has 0 radical (unpaired) electrons. The third-order valence-electron chi connectivity index (χ3n) is 2.37. The van der Waals surface area contributed by atoms with Gasteiger partial charge in [-0.05, 0) is 24.3 Å². The number of aliphatic carboxylic acids is 1. The maximum atomic E-state index is 11.4. The molecule has 1 amide bonds. The molecule has 15 heavy (non-hydrogen) atoms. The van der Waals surface area contributed by atoms with Crippen molar-refractivity contribution in [2.75, 3.05) is 11.4 Å². The number of amides is 1. The minimum Gasteiger partial charge on any atom is -0.481 e. The molecule has 1 aromatic rings. The van der Waals surface area contributed by atoms with Crippen LogP contribution < -0.4 is 4.90 Å². The molecule has 1 heterocycles. The predicted molar refractivity (Wildman–Crippen MR) is 57.6 cm³/mol. The van der Waals surface area contributed by atoms with E-state index in [0.717, 1.165) is 10.2 Å². The number of carboxylic acids is 1. The van der Waals surface area contributed by atoms with Crippen molar-refractivity contribution in [3.8, 4) is 0 Å². The van der Waals surface area contributed by atoms with Gasteiger partial charge in [-0.15, -0.1) is 0 Å². The van der Waals surface area contributed by atoms with Crippen molar-refractivity contribution in [1.82, 2.24) is 0 Å². The Morgan fingerprint density at radius 1 is 1.40 bits per heavy atom. The zero-order valence-electron chi connectivity index (χ0n) is 7.68. The molecule has 5 heteroatoms. The molecule has 0 aromatic heterocycles. The predicted octanol–water partition coefficient (Wildman–Crippen LogP) is 1.50. The van der Waals surface area contributed by atoms with Crippen LogP contribution in [0.5, 0.6) is 0 Å². The third kappa shape index (κ3) is 1.74. The molecule has 1 aliphatic heterocycles. The van der Waals surface area contributed by atoms with Crippen LogP contribution in [0.25, 0.3) is 0 Å². The Morgan fingerprint density at radius 3 is 2.47 bits per heavy atom. The molecular weight excluding hydrogens is 262 g/mol. The number of nitrogens with zero attached hydrogens (tertiary/aromatic N) is 1. The van der Waals surface area contributed by atoms with E-state index in [4.69, 9.17) is 5.11 Å². The zero-order chi connectivity index (χ0) is 11.0. The highest BCUT2D eigenvalue weighted by molar-refractivity contribution is 9.10. The van der Waals surface area contributed by atoms with Crippen molar-refractivity contribution < 1.29 is 14.7 Å². The van der Waals surface area contributed by atoms with Crippen molar-refractivity contribution in [3.63, 3.8) is 0 Å². The number of β-lactam (4-membered cyclic amide) rings is 1. The Balaban J connectivity index is 2.13. The molecule has 1 aromatic carbocycles. The Labute approximate surface area is 94.6 Å². The Bertz CT molecular complexity index is 415. The van der Waals surface area contributed by atoms with Crippen LogP contribution in [0.2, 0.25) is 0 Å². The molecule has 1 atom stereocenters. The molecule has 1 saturated heterocycles. The molecule has 0 spiro atoms. The second-order valence-corrected chi connectivity index (χ2v) is 4.23. The van der Waals surface area contributed by atoms with Crippen LogP contribution in [-0.2, 0) is 9.59 Å². The maximum Gasteiger partial charge on any atom is 0.317 e. The molecule has 1 aliphatic rings. The summed E-state index contributed by atoms with van der Waals surface area (Å²) >= 11 is 3.29. The number of benzene rings is 1. The molecule has 1 unspecified atom stereocenters. The van der Waals surface area contributed by atoms with E-state index in [0.29, 0.717) is 0 Å². The van der Waals surface area contributed by atoms with E-state index in [9.17, 15) is 9.59 Å². The molecule has 2 rings (SSSR count). The fourth-order valence-corrected chi connectivity index (χ4v) is 1.73. The van der Waals surface area contributed by atoms with Gasteiger partial charge in [0.2, 0.25) is 5.91 Å². The smallest absolute Gasteiger partial charge is 0.317 e. The minimum absolute atomic E-state index is 0.260. The fourth-order valence-electron chi connectivity index (χ4n) is 1.46. The number of carbonyl (C=O) groups excluding carboxylic acids is 1. The van der Waals surface area contributed by atoms with Gasteiger partial charge < -0.3 is 10.0 Å². The van der Waals surface area contributed by atoms with Gasteiger partial charge in [0.1, 0.15) is 0 Å². The molecule has 78 valence electrons. The summed E-state index contributed by atoms with van der Waals surface area (Å²) in [6.07, 6.45) is 0. The average Bonchev–Trinajstić information content (AvgIpc) is 2.18. The lowest BCUT2D eigenvalue weighted by Crippen LogP contribution is -2.56. The lowest BCUT2D eigenvalue weighted by Gasteiger charge is -2.35. The monoisotopic (exact) mass is 269 g/mol. The first-order chi connectivity index (χ1) is 7.09. The van der Waals surface area contributed by atoms with Crippen LogP contribution in [0.15, 0.2) is 28.7 Å². The summed E-state index contributed by atoms with van der Waals surface area (Å²) in [5.74, 6) is -2.26. The van der Waals surface area contributed by atoms with Crippen LogP contribution >= 0.6 is 15.9 Å². The van der Waals surface area contributed by atoms with Gasteiger partial charge in [-0.1, -0.05) is 15.9 Å². The van der Waals surface area contributed by atoms with Crippen LogP contribution in [0.4, 0.5) is 5.69 Å². The first-order valence-corrected chi connectivity index (χ1v) is 5.18. The second-order valence-electron chi connectivity index (χ2n) is 3.32. The van der Waals surface area contributed by atoms with Crippen LogP contribution in [-0.4, -0.2) is 23.5 Å². The van der Waals surface area contributed by atoms with Gasteiger partial charge >= 0.3 is 5.97 Å². The summed E-state index contributed by atoms with van der Waals surface area (Å²) in [7, 11) is 0. The van der Waals surface area contributed by atoms with Crippen LogP contribution in [0.1, 0.15) is 0 Å². The van der Waals surface area contributed by atoms with E-state index in [1.807, 2.05) is 12.1 Å². The van der Waals surface area contributed by atoms with E-state index < -0.39 is 11.9 Å². The van der Waals surface area contributed by atoms with Gasteiger partial charge in [0.15, 0.2) is 5.92 Å². The summed E-state index contributed by atoms with van der Waals surface area (Å²) in [6.45, 7) is 0.260. The van der Waals surface area contributed by atoms with Gasteiger partial charge in [0, 0.05) is 16.7 Å². The quantitative estimate of drug-likeness (QED) is 0.654. The normalized spacial score (nSPS) is 19.9. The van der Waals surface area contributed by atoms with Crippen molar-refractivity contribution in [2.24, 2.45) is 5.92 Å². The van der Waals surface area contributed by atoms with Gasteiger partial charge in [-0.2, -0.15) is 0 Å². The summed E-state index contributed by atoms with van der Waals surface area (Å²) < 4.78 is 0.925. The average molecular weight is 270 g/mol. The number of rotatable bonds is 2. The zero-order valence-corrected chi connectivity index (χ0v) is 9.27. The summed E-state index contributed by atoms with van der Waals surface area (Å²) in [5, 5.41) is 8.66. The van der Waals surface area contributed by atoms with Gasteiger partial charge in [-0.3, -0.25) is 9.59 Å². The highest BCUT2D eigenvalue weighted by Crippen LogP contribution is 2.27. The second kappa shape index (κ2) is 3.66. The van der Waals surface area contributed by atoms with E-state index in [-0.39, 0.29) is 12.5 Å². The lowest BCUT2D eigenvalue weighted by atomic mass is 9.98. The maximum absolute atomic E-state index is 11.4. The highest BCUT2D eigenvalue weighted by atomic mass is 79.9. The third-order valence-corrected chi connectivity index (χ3v) is 2.89. The van der Waals surface area contributed by atoms with Crippen molar-refractivity contribution in [3.05, 3.63) is 28.7 Å². The Hall–Kier alpha value is -1.36. The SMILES string of the molecule is O=C(O)C1CN(c2ccc(Br)cc2)C1=O. The molecule has 0 bridgehead atoms. The molecule has 0 aliphatic carbocycles. The van der Waals surface area contributed by atoms with Crippen molar-refractivity contribution >= 4 is 33.5 Å². The standard InChI is InChI=1S/C10H8BrNO3/c11-6-1-3-7(4-2-6)12-5-8(9(12)13)10(14)15/h1-4,8H,5H2,(H,14,15). The van der Waals surface area contributed by atoms with Gasteiger partial charge in [-0.25, -0.2) is 0 Å². The van der Waals surface area contributed by atoms with Crippen LogP contribution in [0, 0.1) is 5.92 Å². The number of hydrogen-bond acceptors (Lipinski definition) is 2. The van der Waals surface area contributed by atoms with Gasteiger partial charge in [0.05, 0.1) is 0 Å². The minimum atomic E-state index is -1.05. The number of carboxylic acid groups (broad SMARTS) is 1. The number of carbonyl (C=O) groups is 2. The highest BCUT2D eigenvalue weighted by Gasteiger charge is 2.42. The van der Waals surface area contributed by atoms with E-state index >= 15 is 0 Å². The molecule has 4 nitrogen and oxygen atoms in total. The molecule has 0 saturated carbocycles. The fraction of sp³-hybridized carbons (Fsp3) is 0.200. The van der Waals surface area contributed by atoms with Gasteiger partial charge in [0.25, 0.3) is 0 Å². The Kier molecular flexibility index (Phi) is 2.48. The number of anilines is 1. The summed E-state index contributed by atoms with van der Waals surface area (Å²) in [4.78, 5) is 23.5. The van der Waals surface area contributed by atoms with Crippen molar-refractivity contribution in [2.45, 2.75) is 0 Å². The topological polar surface area (TPSA) is 57.6 Å². The largest absolute Gasteiger partial charge is 0.481 e. The molecule has 1 fully saturated rings. The lowest BCUT2D eigenvalue weighted by molar-refractivity contribution is -0.149. The van der Waals surface area contributed by atoms with E-state index in [1.165, 1.54) is 4.90 Å². The van der Waals surface area contributed by atoms with E-state index in [1.54, 1.807) is 12.1 Å². The summed E-state index contributed by atoms with van der Waals surface area (Å²) in [6, 6.07) is 7.19. The molecular formula is C10H8BrNO3. The first-order valence-electron chi connectivity index (χ1n) is 4.39. The Morgan fingerprint density at radius 2 is 2.00 bits per heavy atom. The van der Waals surface area contributed by atoms with Crippen LogP contribution in [0.3, 0.4) is 0 Å². The number of hydrogen-bond donors (Lipinski definition) is 1. The van der Waals surface area contributed by atoms with E-state index in [2.05, 4.69) is 15.9 Å². The van der Waals surface area contributed by atoms with Crippen molar-refractivity contribution in [1.29, 1.82) is 0 Å². The number of halogens is 1. The first kappa shape index (κ1) is 10.2. The molecule has 1 N–H and O–H groups in total.